The van der Waals surface area contributed by atoms with Gasteiger partial charge in [-0.2, -0.15) is 5.10 Å². The highest BCUT2D eigenvalue weighted by molar-refractivity contribution is 6.16. The summed E-state index contributed by atoms with van der Waals surface area (Å²) in [6.07, 6.45) is -2.52. The fraction of sp³-hybridized carbons (Fsp3) is 0.500. The molecule has 0 saturated carbocycles. The lowest BCUT2D eigenvalue weighted by Gasteiger charge is -1.92. The molecule has 0 unspecified atom stereocenters. The van der Waals surface area contributed by atoms with Crippen molar-refractivity contribution in [3.63, 3.8) is 0 Å². The van der Waals surface area contributed by atoms with E-state index in [1.165, 1.54) is 10.7 Å². The van der Waals surface area contributed by atoms with Crippen LogP contribution in [-0.4, -0.2) is 9.78 Å². The van der Waals surface area contributed by atoms with Gasteiger partial charge in [0.25, 0.3) is 6.43 Å². The first-order valence-corrected chi connectivity index (χ1v) is 3.55. The van der Waals surface area contributed by atoms with Crippen molar-refractivity contribution in [2.24, 2.45) is 7.05 Å². The van der Waals surface area contributed by atoms with Crippen molar-refractivity contribution in [3.8, 4) is 0 Å². The second-order valence-electron chi connectivity index (χ2n) is 2.12. The van der Waals surface area contributed by atoms with E-state index in [0.717, 1.165) is 0 Å². The van der Waals surface area contributed by atoms with Gasteiger partial charge in [-0.1, -0.05) is 0 Å². The number of aromatic nitrogens is 2. The van der Waals surface area contributed by atoms with Crippen LogP contribution in [0, 0.1) is 0 Å². The molecule has 2 nitrogen and oxygen atoms in total. The van der Waals surface area contributed by atoms with E-state index in [1.54, 1.807) is 7.05 Å². The lowest BCUT2D eigenvalue weighted by molar-refractivity contribution is 0.145. The first kappa shape index (κ1) is 8.46. The van der Waals surface area contributed by atoms with Gasteiger partial charge in [0.1, 0.15) is 5.69 Å². The average molecular weight is 181 g/mol. The molecule has 0 aliphatic rings. The molecule has 0 aliphatic carbocycles. The van der Waals surface area contributed by atoms with Crippen molar-refractivity contribution < 1.29 is 8.78 Å². The van der Waals surface area contributed by atoms with E-state index >= 15 is 0 Å². The predicted molar refractivity (Wildman–Crippen MR) is 37.7 cm³/mol. The first-order valence-electron chi connectivity index (χ1n) is 3.02. The van der Waals surface area contributed by atoms with Crippen LogP contribution < -0.4 is 0 Å². The Bertz CT molecular complexity index is 247. The number of hydrogen-bond donors (Lipinski definition) is 0. The zero-order valence-corrected chi connectivity index (χ0v) is 6.65. The second-order valence-corrected chi connectivity index (χ2v) is 2.39. The number of hydrogen-bond acceptors (Lipinski definition) is 1. The van der Waals surface area contributed by atoms with Crippen molar-refractivity contribution in [1.29, 1.82) is 0 Å². The Morgan fingerprint density at radius 1 is 1.73 bits per heavy atom. The van der Waals surface area contributed by atoms with Crippen LogP contribution in [0.25, 0.3) is 0 Å². The van der Waals surface area contributed by atoms with Crippen molar-refractivity contribution >= 4 is 11.6 Å². The average Bonchev–Trinajstić information content (AvgIpc) is 2.31. The maximum Gasteiger partial charge on any atom is 0.282 e. The van der Waals surface area contributed by atoms with Gasteiger partial charge in [-0.05, 0) is 6.07 Å². The molecular formula is C6H7ClF2N2. The summed E-state index contributed by atoms with van der Waals surface area (Å²) in [5.74, 6) is 0.205. The zero-order valence-electron chi connectivity index (χ0n) is 5.89. The summed E-state index contributed by atoms with van der Waals surface area (Å²) in [6.45, 7) is 0. The van der Waals surface area contributed by atoms with Gasteiger partial charge in [0.05, 0.1) is 11.6 Å². The molecule has 0 atom stereocenters. The van der Waals surface area contributed by atoms with Gasteiger partial charge in [-0.3, -0.25) is 4.68 Å². The third kappa shape index (κ3) is 1.68. The number of nitrogens with zero attached hydrogens (tertiary/aromatic N) is 2. The lowest BCUT2D eigenvalue weighted by atomic mass is 10.4. The molecule has 0 fully saturated rings. The monoisotopic (exact) mass is 180 g/mol. The summed E-state index contributed by atoms with van der Waals surface area (Å²) < 4.78 is 25.3. The third-order valence-corrected chi connectivity index (χ3v) is 1.63. The van der Waals surface area contributed by atoms with E-state index in [0.29, 0.717) is 5.69 Å². The maximum atomic E-state index is 12.0. The van der Waals surface area contributed by atoms with Gasteiger partial charge >= 0.3 is 0 Å². The van der Waals surface area contributed by atoms with E-state index in [1.807, 2.05) is 0 Å². The Morgan fingerprint density at radius 3 is 2.64 bits per heavy atom. The first-order chi connectivity index (χ1) is 5.15. The zero-order chi connectivity index (χ0) is 8.43. The SMILES string of the molecule is Cn1nc(C(F)F)cc1CCl. The summed E-state index contributed by atoms with van der Waals surface area (Å²) in [4.78, 5) is 0. The third-order valence-electron chi connectivity index (χ3n) is 1.36. The smallest absolute Gasteiger partial charge is 0.271 e. The van der Waals surface area contributed by atoms with Crippen molar-refractivity contribution in [2.75, 3.05) is 0 Å². The summed E-state index contributed by atoms with van der Waals surface area (Å²) in [5.41, 5.74) is 0.380. The van der Waals surface area contributed by atoms with Gasteiger partial charge in [0.2, 0.25) is 0 Å². The molecule has 11 heavy (non-hydrogen) atoms. The minimum absolute atomic E-state index is 0.205. The Balaban J connectivity index is 2.95. The van der Waals surface area contributed by atoms with Crippen molar-refractivity contribution in [3.05, 3.63) is 17.5 Å². The summed E-state index contributed by atoms with van der Waals surface area (Å²) in [5, 5.41) is 3.56. The summed E-state index contributed by atoms with van der Waals surface area (Å²) in [6, 6.07) is 1.30. The quantitative estimate of drug-likeness (QED) is 0.638. The summed E-state index contributed by atoms with van der Waals surface area (Å²) in [7, 11) is 1.59. The largest absolute Gasteiger partial charge is 0.282 e. The van der Waals surface area contributed by atoms with E-state index in [-0.39, 0.29) is 11.6 Å². The molecule has 1 heterocycles. The van der Waals surface area contributed by atoms with E-state index in [9.17, 15) is 8.78 Å². The minimum Gasteiger partial charge on any atom is -0.271 e. The molecule has 0 radical (unpaired) electrons. The van der Waals surface area contributed by atoms with Crippen LogP contribution in [0.5, 0.6) is 0 Å². The number of rotatable bonds is 2. The van der Waals surface area contributed by atoms with Gasteiger partial charge < -0.3 is 0 Å². The molecule has 0 N–H and O–H groups in total. The van der Waals surface area contributed by atoms with E-state index in [2.05, 4.69) is 5.10 Å². The van der Waals surface area contributed by atoms with Crippen molar-refractivity contribution in [2.45, 2.75) is 12.3 Å². The Morgan fingerprint density at radius 2 is 2.36 bits per heavy atom. The molecular weight excluding hydrogens is 174 g/mol. The van der Waals surface area contributed by atoms with Gasteiger partial charge in [-0.25, -0.2) is 8.78 Å². The fourth-order valence-electron chi connectivity index (χ4n) is 0.762. The van der Waals surface area contributed by atoms with Gasteiger partial charge in [-0.15, -0.1) is 11.6 Å². The highest BCUT2D eigenvalue weighted by Crippen LogP contribution is 2.18. The molecule has 0 aliphatic heterocycles. The van der Waals surface area contributed by atoms with E-state index < -0.39 is 6.43 Å². The molecule has 5 heteroatoms. The van der Waals surface area contributed by atoms with Crippen LogP contribution in [0.1, 0.15) is 17.8 Å². The molecule has 1 rings (SSSR count). The van der Waals surface area contributed by atoms with Gasteiger partial charge in [0, 0.05) is 7.05 Å². The number of halogens is 3. The van der Waals surface area contributed by atoms with Crippen LogP contribution in [-0.2, 0) is 12.9 Å². The van der Waals surface area contributed by atoms with Crippen LogP contribution in [0.2, 0.25) is 0 Å². The molecule has 0 saturated heterocycles. The fourth-order valence-corrected chi connectivity index (χ4v) is 1.01. The highest BCUT2D eigenvalue weighted by atomic mass is 35.5. The van der Waals surface area contributed by atoms with Crippen LogP contribution in [0.4, 0.5) is 8.78 Å². The molecule has 0 bridgehead atoms. The Labute approximate surface area is 67.8 Å². The normalized spacial score (nSPS) is 11.0. The van der Waals surface area contributed by atoms with Crippen LogP contribution in [0.15, 0.2) is 6.07 Å². The van der Waals surface area contributed by atoms with Crippen LogP contribution >= 0.6 is 11.6 Å². The predicted octanol–water partition coefficient (Wildman–Crippen LogP) is 2.10. The number of alkyl halides is 3. The second kappa shape index (κ2) is 3.17. The highest BCUT2D eigenvalue weighted by Gasteiger charge is 2.12. The Hall–Kier alpha value is -0.640. The number of aryl methyl sites for hydroxylation is 1. The molecule has 0 spiro atoms. The molecule has 0 aromatic carbocycles. The molecule has 1 aromatic rings. The molecule has 62 valence electrons. The Kier molecular flexibility index (Phi) is 2.44. The standard InChI is InChI=1S/C6H7ClF2N2/c1-11-4(3-7)2-5(10-11)6(8)9/h2,6H,3H2,1H3. The topological polar surface area (TPSA) is 17.8 Å². The van der Waals surface area contributed by atoms with Crippen molar-refractivity contribution in [1.82, 2.24) is 9.78 Å². The van der Waals surface area contributed by atoms with E-state index in [4.69, 9.17) is 11.6 Å². The maximum absolute atomic E-state index is 12.0. The molecule has 0 amide bonds. The summed E-state index contributed by atoms with van der Waals surface area (Å²) >= 11 is 5.44. The molecule has 1 aromatic heterocycles. The van der Waals surface area contributed by atoms with Gasteiger partial charge in [0.15, 0.2) is 0 Å². The minimum atomic E-state index is -2.52. The van der Waals surface area contributed by atoms with Crippen LogP contribution in [0.3, 0.4) is 0 Å². The lowest BCUT2D eigenvalue weighted by Crippen LogP contribution is -1.95.